The molecule has 4 heterocycles. The Bertz CT molecular complexity index is 3970. The summed E-state index contributed by atoms with van der Waals surface area (Å²) in [6, 6.07) is 27.7. The molecular weight excluding hydrogens is 1310 g/mol. The Balaban J connectivity index is 0.614. The topological polar surface area (TPSA) is 237 Å². The fourth-order valence-corrected chi connectivity index (χ4v) is 10.4. The monoisotopic (exact) mass is 1390 g/mol. The Morgan fingerprint density at radius 1 is 0.440 bits per heavy atom. The Hall–Kier alpha value is -9.95. The van der Waals surface area contributed by atoms with Gasteiger partial charge in [0.2, 0.25) is 0 Å². The predicted octanol–water partition coefficient (Wildman–Crippen LogP) is 11.5. The zero-order valence-corrected chi connectivity index (χ0v) is 54.9. The maximum absolute atomic E-state index is 14.0. The molecule has 8 aromatic rings. The number of hydrogen-bond donors (Lipinski definition) is 2. The van der Waals surface area contributed by atoms with E-state index >= 15 is 0 Å². The number of ketones is 2. The van der Waals surface area contributed by atoms with Crippen LogP contribution in [0.4, 0.5) is 42.5 Å². The molecule has 2 amide bonds. The molecular formula is C71H74F6N10O13. The van der Waals surface area contributed by atoms with E-state index in [1.807, 2.05) is 0 Å². The summed E-state index contributed by atoms with van der Waals surface area (Å²) < 4.78 is 133. The van der Waals surface area contributed by atoms with Gasteiger partial charge in [-0.1, -0.05) is 36.4 Å². The standard InChI is InChI=1S/C71H74F6N10O13/c1-49-59(63-23-25-82-86(63)55-19-15-53(78-3)16-20-55)47-61(67(90)84(49)57-11-5-9-51(45-57)70(72,73)74)65(88)13-7-29-93-33-37-97-41-43-99-39-35-95-31-27-80-69(92)81-28-32-96-36-40-100-44-42-98-38-34-94-30-8-14-66(89)62-48-60(64-24-26-83-87(64)56-21-17-54(79-4)18-22-56)50(2)85(68(62)91)58-12-6-10-52(46-58)71(75,76)77/h5-6,9-12,15-26,45-48H,7-8,13-14,27-44H2,1-2H3,(H2,80,81,92). The van der Waals surface area contributed by atoms with Crippen LogP contribution in [-0.4, -0.2) is 165 Å². The van der Waals surface area contributed by atoms with Crippen molar-refractivity contribution in [2.45, 2.75) is 51.9 Å². The third-order valence-electron chi connectivity index (χ3n) is 15.3. The summed E-state index contributed by atoms with van der Waals surface area (Å²) in [5.74, 6) is -1.05. The van der Waals surface area contributed by atoms with Crippen molar-refractivity contribution >= 4 is 29.0 Å². The van der Waals surface area contributed by atoms with Gasteiger partial charge in [0, 0.05) is 73.0 Å². The van der Waals surface area contributed by atoms with Gasteiger partial charge in [-0.2, -0.15) is 36.5 Å². The van der Waals surface area contributed by atoms with Gasteiger partial charge in [-0.3, -0.25) is 28.3 Å². The molecule has 528 valence electrons. The van der Waals surface area contributed by atoms with Crippen LogP contribution >= 0.6 is 0 Å². The lowest BCUT2D eigenvalue weighted by atomic mass is 10.0. The molecule has 0 aliphatic heterocycles. The van der Waals surface area contributed by atoms with Crippen molar-refractivity contribution in [3.05, 3.63) is 211 Å². The van der Waals surface area contributed by atoms with Crippen LogP contribution in [0.5, 0.6) is 0 Å². The number of amides is 2. The second-order valence-corrected chi connectivity index (χ2v) is 22.1. The molecule has 0 fully saturated rings. The minimum Gasteiger partial charge on any atom is -0.379 e. The molecule has 0 bridgehead atoms. The van der Waals surface area contributed by atoms with Crippen LogP contribution in [0, 0.1) is 27.0 Å². The van der Waals surface area contributed by atoms with Gasteiger partial charge in [0.05, 0.1) is 163 Å². The lowest BCUT2D eigenvalue weighted by molar-refractivity contribution is -0.138. The maximum atomic E-state index is 14.0. The molecule has 0 unspecified atom stereocenters. The van der Waals surface area contributed by atoms with Crippen LogP contribution in [0.1, 0.15) is 68.9 Å². The van der Waals surface area contributed by atoms with Crippen molar-refractivity contribution in [1.82, 2.24) is 39.3 Å². The third kappa shape index (κ3) is 21.5. The first-order valence-electron chi connectivity index (χ1n) is 31.9. The Morgan fingerprint density at radius 2 is 0.770 bits per heavy atom. The van der Waals surface area contributed by atoms with E-state index in [1.54, 1.807) is 83.9 Å². The smallest absolute Gasteiger partial charge is 0.379 e. The van der Waals surface area contributed by atoms with E-state index in [4.69, 9.17) is 51.0 Å². The molecule has 0 aliphatic rings. The fourth-order valence-electron chi connectivity index (χ4n) is 10.4. The van der Waals surface area contributed by atoms with Gasteiger partial charge in [0.15, 0.2) is 22.9 Å². The number of rotatable bonds is 40. The van der Waals surface area contributed by atoms with Gasteiger partial charge >= 0.3 is 18.4 Å². The third-order valence-corrected chi connectivity index (χ3v) is 15.3. The van der Waals surface area contributed by atoms with E-state index in [0.29, 0.717) is 71.7 Å². The quantitative estimate of drug-likeness (QED) is 0.0157. The minimum atomic E-state index is -4.68. The van der Waals surface area contributed by atoms with Gasteiger partial charge in [-0.15, -0.1) is 0 Å². The van der Waals surface area contributed by atoms with E-state index in [9.17, 15) is 50.3 Å². The lowest BCUT2D eigenvalue weighted by Crippen LogP contribution is -2.39. The molecule has 4 aromatic carbocycles. The first kappa shape index (κ1) is 75.8. The van der Waals surface area contributed by atoms with Gasteiger partial charge in [-0.05, 0) is 112 Å². The summed E-state index contributed by atoms with van der Waals surface area (Å²) in [5, 5.41) is 14.2. The van der Waals surface area contributed by atoms with Gasteiger partial charge in [-0.25, -0.2) is 23.8 Å². The van der Waals surface area contributed by atoms with E-state index in [0.717, 1.165) is 33.4 Å². The first-order chi connectivity index (χ1) is 48.3. The van der Waals surface area contributed by atoms with Crippen LogP contribution in [0.25, 0.3) is 55.0 Å². The second-order valence-electron chi connectivity index (χ2n) is 22.1. The predicted molar refractivity (Wildman–Crippen MR) is 356 cm³/mol. The van der Waals surface area contributed by atoms with Crippen molar-refractivity contribution in [1.29, 1.82) is 0 Å². The van der Waals surface area contributed by atoms with Gasteiger partial charge in [0.25, 0.3) is 11.1 Å². The highest BCUT2D eigenvalue weighted by molar-refractivity contribution is 5.98. The number of benzene rings is 4. The van der Waals surface area contributed by atoms with E-state index in [1.165, 1.54) is 48.8 Å². The minimum absolute atomic E-state index is 0.0671. The van der Waals surface area contributed by atoms with E-state index < -0.39 is 46.2 Å². The van der Waals surface area contributed by atoms with Crippen molar-refractivity contribution in [2.24, 2.45) is 0 Å². The van der Waals surface area contributed by atoms with E-state index in [-0.39, 0.29) is 158 Å². The number of nitrogens with zero attached hydrogens (tertiary/aromatic N) is 8. The Morgan fingerprint density at radius 3 is 1.10 bits per heavy atom. The van der Waals surface area contributed by atoms with Crippen molar-refractivity contribution in [3.8, 4) is 45.3 Å². The van der Waals surface area contributed by atoms with Crippen molar-refractivity contribution < 1.29 is 78.6 Å². The van der Waals surface area contributed by atoms with Crippen LogP contribution in [0.2, 0.25) is 0 Å². The number of nitrogens with one attached hydrogen (secondary N) is 2. The average molecular weight is 1390 g/mol. The number of pyridine rings is 2. The molecule has 100 heavy (non-hydrogen) atoms. The molecule has 2 N–H and O–H groups in total. The normalized spacial score (nSPS) is 11.6. The van der Waals surface area contributed by atoms with Gasteiger partial charge < -0.3 is 48.5 Å². The zero-order valence-electron chi connectivity index (χ0n) is 54.9. The highest BCUT2D eigenvalue weighted by atomic mass is 19.4. The summed E-state index contributed by atoms with van der Waals surface area (Å²) in [4.78, 5) is 74.4. The second kappa shape index (κ2) is 37.9. The van der Waals surface area contributed by atoms with Crippen molar-refractivity contribution in [2.75, 3.05) is 119 Å². The molecule has 29 heteroatoms. The fraction of sp³-hybridized carbons (Fsp3) is 0.366. The molecule has 0 aliphatic carbocycles. The van der Waals surface area contributed by atoms with Crippen LogP contribution in [-0.2, 0) is 50.2 Å². The number of urea groups is 1. The van der Waals surface area contributed by atoms with Crippen molar-refractivity contribution in [3.63, 3.8) is 0 Å². The largest absolute Gasteiger partial charge is 0.416 e. The molecule has 0 atom stereocenters. The first-order valence-corrected chi connectivity index (χ1v) is 31.9. The number of hydrogen-bond acceptors (Lipinski definition) is 15. The number of Topliss-reactive ketones (excluding diaryl/α,β-unsaturated/α-hetero) is 2. The summed E-state index contributed by atoms with van der Waals surface area (Å²) >= 11 is 0. The Labute approximate surface area is 571 Å². The molecule has 0 radical (unpaired) electrons. The molecule has 0 saturated heterocycles. The average Bonchev–Trinajstić information content (AvgIpc) is 1.21. The number of ether oxygens (including phenoxy) is 8. The number of carbonyl (C=O) groups is 3. The lowest BCUT2D eigenvalue weighted by Gasteiger charge is -2.18. The zero-order chi connectivity index (χ0) is 71.4. The number of aromatic nitrogens is 6. The molecule has 0 spiro atoms. The molecule has 4 aromatic heterocycles. The highest BCUT2D eigenvalue weighted by Gasteiger charge is 2.33. The summed E-state index contributed by atoms with van der Waals surface area (Å²) in [6.45, 7) is 22.3. The summed E-state index contributed by atoms with van der Waals surface area (Å²) in [7, 11) is 0. The molecule has 8 rings (SSSR count). The molecule has 23 nitrogen and oxygen atoms in total. The number of halogens is 6. The van der Waals surface area contributed by atoms with E-state index in [2.05, 4.69) is 30.5 Å². The number of carbonyl (C=O) groups excluding carboxylic acids is 3. The Kier molecular flexibility index (Phi) is 28.7. The SMILES string of the molecule is [C-]#[N+]c1ccc(-n2nccc2-c2cc(C(=O)CCCOCCOCCOCCOCCNC(=O)NCCOCCOCCOCCOCCCC(=O)c3cc(-c4ccnn4-c4ccc([N+]#[C-])cc4)c(C)n(-c4cccc(C(F)(F)F)c4)c3=O)c(=O)n(-c3cccc(C(F)(F)F)c3)c2C)cc1. The van der Waals surface area contributed by atoms with Crippen LogP contribution in [0.3, 0.4) is 0 Å². The highest BCUT2D eigenvalue weighted by Crippen LogP contribution is 2.35. The van der Waals surface area contributed by atoms with Crippen LogP contribution in [0.15, 0.2) is 143 Å². The summed E-state index contributed by atoms with van der Waals surface area (Å²) in [5.41, 5.74) is 0.196. The maximum Gasteiger partial charge on any atom is 0.416 e. The van der Waals surface area contributed by atoms with Crippen LogP contribution < -0.4 is 21.8 Å². The molecule has 0 saturated carbocycles. The van der Waals surface area contributed by atoms with Gasteiger partial charge in [0.1, 0.15) is 0 Å². The summed E-state index contributed by atoms with van der Waals surface area (Å²) in [6.07, 6.45) is -6.01. The number of alkyl halides is 6.